The third kappa shape index (κ3) is 6.04. The van der Waals surface area contributed by atoms with Gasteiger partial charge in [-0.1, -0.05) is 78.4 Å². The number of para-hydroxylation sites is 1. The first-order chi connectivity index (χ1) is 23.2. The van der Waals surface area contributed by atoms with Gasteiger partial charge in [0.2, 0.25) is 11.8 Å². The van der Waals surface area contributed by atoms with Crippen LogP contribution in [0.4, 0.5) is 5.69 Å². The van der Waals surface area contributed by atoms with Crippen molar-refractivity contribution in [3.63, 3.8) is 0 Å². The second-order valence-corrected chi connectivity index (χ2v) is 13.0. The van der Waals surface area contributed by atoms with Gasteiger partial charge in [0, 0.05) is 33.2 Å². The quantitative estimate of drug-likeness (QED) is 0.337. The van der Waals surface area contributed by atoms with Gasteiger partial charge in [0.25, 0.3) is 5.91 Å². The van der Waals surface area contributed by atoms with Crippen molar-refractivity contribution >= 4 is 41.0 Å². The van der Waals surface area contributed by atoms with Gasteiger partial charge in [0.1, 0.15) is 23.7 Å². The number of likely N-dealkylation sites (tertiary alicyclic amines) is 1. The summed E-state index contributed by atoms with van der Waals surface area (Å²) in [6.07, 6.45) is 6.05. The highest BCUT2D eigenvalue weighted by Crippen LogP contribution is 2.56. The average Bonchev–Trinajstić information content (AvgIpc) is 3.71. The van der Waals surface area contributed by atoms with Crippen molar-refractivity contribution in [2.24, 2.45) is 11.8 Å². The largest absolute Gasteiger partial charge is 0.455 e. The minimum atomic E-state index is -1.45. The minimum Gasteiger partial charge on any atom is -0.455 e. The van der Waals surface area contributed by atoms with Crippen LogP contribution in [0.25, 0.3) is 0 Å². The number of halogens is 1. The molecule has 1 spiro atoms. The average molecular weight is 678 g/mol. The Morgan fingerprint density at radius 2 is 1.85 bits per heavy atom. The normalized spacial score (nSPS) is 31.2. The van der Waals surface area contributed by atoms with E-state index in [0.29, 0.717) is 22.7 Å². The number of fused-ring (bicyclic) bond motifs is 2. The molecule has 6 rings (SSSR count). The third-order valence-electron chi connectivity index (χ3n) is 9.58. The molecule has 4 aliphatic rings. The molecule has 0 unspecified atom stereocenters. The Kier molecular flexibility index (Phi) is 10.0. The molecule has 2 N–H and O–H groups in total. The Balaban J connectivity index is 1.47. The molecule has 0 aliphatic carbocycles. The lowest BCUT2D eigenvalue weighted by Gasteiger charge is -2.36. The van der Waals surface area contributed by atoms with Gasteiger partial charge in [-0.15, -0.1) is 0 Å². The van der Waals surface area contributed by atoms with Crippen molar-refractivity contribution < 1.29 is 38.5 Å². The maximum Gasteiger partial charge on any atom is 0.313 e. The highest BCUT2D eigenvalue weighted by Gasteiger charge is 2.73. The van der Waals surface area contributed by atoms with E-state index >= 15 is 0 Å². The van der Waals surface area contributed by atoms with Gasteiger partial charge >= 0.3 is 5.97 Å². The van der Waals surface area contributed by atoms with Crippen LogP contribution in [0.2, 0.25) is 5.02 Å². The molecule has 2 saturated heterocycles. The van der Waals surface area contributed by atoms with Crippen LogP contribution >= 0.6 is 11.6 Å². The van der Waals surface area contributed by atoms with Crippen LogP contribution in [0.3, 0.4) is 0 Å². The van der Waals surface area contributed by atoms with E-state index in [9.17, 15) is 24.3 Å². The maximum absolute atomic E-state index is 14.9. The summed E-state index contributed by atoms with van der Waals surface area (Å²) in [4.78, 5) is 59.8. The first-order valence-electron chi connectivity index (χ1n) is 16.3. The molecule has 2 fully saturated rings. The number of methoxy groups -OCH3 is 1. The second kappa shape index (κ2) is 14.2. The number of carbonyl (C=O) groups is 4. The molecule has 48 heavy (non-hydrogen) atoms. The Morgan fingerprint density at radius 1 is 1.06 bits per heavy atom. The molecule has 254 valence electrons. The monoisotopic (exact) mass is 677 g/mol. The predicted molar refractivity (Wildman–Crippen MR) is 177 cm³/mol. The van der Waals surface area contributed by atoms with Gasteiger partial charge in [0.05, 0.1) is 35.4 Å². The highest BCUT2D eigenvalue weighted by atomic mass is 35.5. The zero-order chi connectivity index (χ0) is 34.0. The number of rotatable bonds is 7. The molecular formula is C36H40ClN3O8. The van der Waals surface area contributed by atoms with E-state index < -0.39 is 59.5 Å². The molecule has 2 aromatic carbocycles. The van der Waals surface area contributed by atoms with E-state index in [4.69, 9.17) is 25.8 Å². The number of aliphatic hydroxyl groups excluding tert-OH is 1. The van der Waals surface area contributed by atoms with Crippen molar-refractivity contribution in [2.75, 3.05) is 38.3 Å². The van der Waals surface area contributed by atoms with Crippen LogP contribution in [0.15, 0.2) is 72.8 Å². The molecule has 4 heterocycles. The number of nitrogens with one attached hydrogen (secondary N) is 1. The van der Waals surface area contributed by atoms with Crippen LogP contribution in [0, 0.1) is 18.8 Å². The Morgan fingerprint density at radius 3 is 2.58 bits per heavy atom. The second-order valence-electron chi connectivity index (χ2n) is 12.6. The van der Waals surface area contributed by atoms with E-state index in [2.05, 4.69) is 5.32 Å². The number of nitrogens with zero attached hydrogens (tertiary/aromatic N) is 2. The van der Waals surface area contributed by atoms with E-state index in [-0.39, 0.29) is 45.1 Å². The Labute approximate surface area is 284 Å². The molecule has 11 nitrogen and oxygen atoms in total. The lowest BCUT2D eigenvalue weighted by molar-refractivity contribution is -0.162. The van der Waals surface area contributed by atoms with E-state index in [0.717, 1.165) is 5.56 Å². The number of anilines is 1. The van der Waals surface area contributed by atoms with Crippen molar-refractivity contribution in [1.29, 1.82) is 0 Å². The number of carbonyl (C=O) groups excluding carboxylic acids is 4. The standard InChI is InChI=1S/C36H40ClN3O8/c1-22-11-9-14-24(37)30(22)39-18-8-4-7-15-27(42)38-25(21-46-2)31(23-12-5-3-6-13-23)47-35(45)28-26-16-17-36(48-26)29(28)33(43)40(19-10-20-41)32(36)34(39)44/h3-6,8-9,11-14,16-17,25-26,28-29,31-32,41H,7,10,15,18-21H2,1-2H3,(H,38,42)/b8-4-/t25-,26+,28-,29-,31-,32+,36-/m0/s1. The summed E-state index contributed by atoms with van der Waals surface area (Å²) < 4.78 is 18.2. The van der Waals surface area contributed by atoms with Gasteiger partial charge in [-0.3, -0.25) is 19.2 Å². The van der Waals surface area contributed by atoms with E-state index in [1.165, 1.54) is 16.9 Å². The Bertz CT molecular complexity index is 1600. The third-order valence-corrected chi connectivity index (χ3v) is 9.89. The topological polar surface area (TPSA) is 135 Å². The molecule has 4 aliphatic heterocycles. The molecule has 0 saturated carbocycles. The summed E-state index contributed by atoms with van der Waals surface area (Å²) >= 11 is 6.71. The number of allylic oxidation sites excluding steroid dienone is 1. The Hall–Kier alpha value is -4.03. The number of benzene rings is 2. The summed E-state index contributed by atoms with van der Waals surface area (Å²) in [6.45, 7) is 1.88. The fourth-order valence-electron chi connectivity index (χ4n) is 7.51. The van der Waals surface area contributed by atoms with Gasteiger partial charge in [-0.25, -0.2) is 0 Å². The van der Waals surface area contributed by atoms with Crippen molar-refractivity contribution in [3.8, 4) is 0 Å². The summed E-state index contributed by atoms with van der Waals surface area (Å²) in [5, 5.41) is 13.1. The zero-order valence-electron chi connectivity index (χ0n) is 26.9. The molecule has 5 bridgehead atoms. The van der Waals surface area contributed by atoms with Crippen LogP contribution in [0.1, 0.15) is 36.5 Å². The maximum atomic E-state index is 14.9. The van der Waals surface area contributed by atoms with Crippen molar-refractivity contribution in [2.45, 2.75) is 56.1 Å². The summed E-state index contributed by atoms with van der Waals surface area (Å²) in [7, 11) is 1.50. The van der Waals surface area contributed by atoms with Crippen LogP contribution in [-0.4, -0.2) is 90.9 Å². The van der Waals surface area contributed by atoms with Gasteiger partial charge in [0.15, 0.2) is 0 Å². The summed E-state index contributed by atoms with van der Waals surface area (Å²) in [6, 6.07) is 12.5. The lowest BCUT2D eigenvalue weighted by atomic mass is 9.74. The highest BCUT2D eigenvalue weighted by molar-refractivity contribution is 6.34. The SMILES string of the molecule is COC[C@@H]1NC(=O)CC/C=C\CN(c2c(C)cccc2Cl)C(=O)[C@H]2N(CCCO)C(=O)[C@@H]3[C@@H](C(=O)O[C@H]1c1ccccc1)[C@H]1C=C[C@]32O1. The lowest BCUT2D eigenvalue weighted by Crippen LogP contribution is -2.56. The minimum absolute atomic E-state index is 0.0584. The van der Waals surface area contributed by atoms with Crippen molar-refractivity contribution in [3.05, 3.63) is 89.0 Å². The van der Waals surface area contributed by atoms with Crippen molar-refractivity contribution in [1.82, 2.24) is 10.2 Å². The summed E-state index contributed by atoms with van der Waals surface area (Å²) in [5.74, 6) is -3.94. The van der Waals surface area contributed by atoms with Gasteiger partial charge in [-0.05, 0) is 37.0 Å². The van der Waals surface area contributed by atoms with Gasteiger partial charge in [-0.2, -0.15) is 0 Å². The zero-order valence-corrected chi connectivity index (χ0v) is 27.7. The van der Waals surface area contributed by atoms with E-state index in [1.54, 1.807) is 42.5 Å². The number of esters is 1. The van der Waals surface area contributed by atoms with Crippen LogP contribution in [-0.2, 0) is 33.4 Å². The number of aryl methyl sites for hydroxylation is 1. The molecule has 3 amide bonds. The fraction of sp³-hybridized carbons (Fsp3) is 0.444. The van der Waals surface area contributed by atoms with E-state index in [1.807, 2.05) is 37.3 Å². The number of ether oxygens (including phenoxy) is 3. The number of cyclic esters (lactones) is 1. The fourth-order valence-corrected chi connectivity index (χ4v) is 7.83. The first-order valence-corrected chi connectivity index (χ1v) is 16.6. The predicted octanol–water partition coefficient (Wildman–Crippen LogP) is 3.28. The van der Waals surface area contributed by atoms with Crippen LogP contribution < -0.4 is 10.2 Å². The molecule has 12 heteroatoms. The number of hydrogen-bond acceptors (Lipinski definition) is 8. The number of aliphatic hydroxyl groups is 1. The first kappa shape index (κ1) is 33.9. The molecule has 0 radical (unpaired) electrons. The molecule has 2 aromatic rings. The molecule has 0 aromatic heterocycles. The van der Waals surface area contributed by atoms with Gasteiger partial charge < -0.3 is 34.4 Å². The smallest absolute Gasteiger partial charge is 0.313 e. The van der Waals surface area contributed by atoms with Crippen LogP contribution in [0.5, 0.6) is 0 Å². The molecule has 7 atom stereocenters. The number of amides is 3. The summed E-state index contributed by atoms with van der Waals surface area (Å²) in [5.41, 5.74) is 0.423. The number of hydrogen-bond donors (Lipinski definition) is 2. The molecular weight excluding hydrogens is 638 g/mol.